The van der Waals surface area contributed by atoms with Gasteiger partial charge in [-0.15, -0.1) is 0 Å². The molecule has 0 aliphatic carbocycles. The minimum Gasteiger partial charge on any atom is -0.359 e. The molecule has 7 heteroatoms. The van der Waals surface area contributed by atoms with Crippen LogP contribution in [0.15, 0.2) is 88.4 Å². The zero-order valence-corrected chi connectivity index (χ0v) is 18.6. The Morgan fingerprint density at radius 3 is 2.37 bits per heavy atom. The third-order valence-corrected chi connectivity index (χ3v) is 7.35. The Labute approximate surface area is 184 Å². The van der Waals surface area contributed by atoms with Crippen molar-refractivity contribution in [2.24, 2.45) is 0 Å². The van der Waals surface area contributed by atoms with Gasteiger partial charge < -0.3 is 5.32 Å². The van der Waals surface area contributed by atoms with Crippen LogP contribution in [0.1, 0.15) is 21.5 Å². The first-order chi connectivity index (χ1) is 14.4. The Kier molecular flexibility index (Phi) is 5.49. The first kappa shape index (κ1) is 20.4. The standard InChI is InChI=1S/C23H19BrN2O3S/c1-16-10-12-17(13-11-16)15-26-21-9-5-2-6-18(21)23(27)22(30(26,28)29)14-25-20-8-4-3-7-19(20)24/h2-14,25H,15H2,1H3/b22-14+. The third kappa shape index (κ3) is 3.78. The van der Waals surface area contributed by atoms with Crippen LogP contribution in [0.25, 0.3) is 0 Å². The molecule has 1 aliphatic heterocycles. The molecule has 0 fully saturated rings. The molecule has 0 bridgehead atoms. The molecule has 1 heterocycles. The van der Waals surface area contributed by atoms with E-state index in [1.165, 1.54) is 10.5 Å². The zero-order chi connectivity index (χ0) is 21.3. The molecule has 1 aliphatic rings. The lowest BCUT2D eigenvalue weighted by atomic mass is 10.1. The number of benzene rings is 3. The Morgan fingerprint density at radius 2 is 1.63 bits per heavy atom. The van der Waals surface area contributed by atoms with Gasteiger partial charge in [0, 0.05) is 16.2 Å². The van der Waals surface area contributed by atoms with Crippen molar-refractivity contribution >= 4 is 43.1 Å². The van der Waals surface area contributed by atoms with Crippen LogP contribution in [0, 0.1) is 6.92 Å². The van der Waals surface area contributed by atoms with Crippen molar-refractivity contribution in [3.8, 4) is 0 Å². The molecule has 0 spiro atoms. The average Bonchev–Trinajstić information content (AvgIpc) is 2.73. The summed E-state index contributed by atoms with van der Waals surface area (Å²) < 4.78 is 29.0. The van der Waals surface area contributed by atoms with E-state index in [0.717, 1.165) is 15.6 Å². The van der Waals surface area contributed by atoms with Gasteiger partial charge in [-0.2, -0.15) is 0 Å². The molecule has 3 aromatic rings. The summed E-state index contributed by atoms with van der Waals surface area (Å²) in [5.74, 6) is -0.523. The summed E-state index contributed by atoms with van der Waals surface area (Å²) in [7, 11) is -4.05. The van der Waals surface area contributed by atoms with Crippen LogP contribution < -0.4 is 9.62 Å². The lowest BCUT2D eigenvalue weighted by molar-refractivity contribution is 0.104. The molecule has 0 radical (unpaired) electrons. The highest BCUT2D eigenvalue weighted by atomic mass is 79.9. The second-order valence-corrected chi connectivity index (χ2v) is 9.66. The van der Waals surface area contributed by atoms with E-state index in [-0.39, 0.29) is 11.4 Å². The van der Waals surface area contributed by atoms with Gasteiger partial charge in [-0.05, 0) is 52.7 Å². The van der Waals surface area contributed by atoms with Crippen molar-refractivity contribution < 1.29 is 13.2 Å². The number of carbonyl (C=O) groups is 1. The maximum Gasteiger partial charge on any atom is 0.270 e. The number of Topliss-reactive ketones (excluding diaryl/α,β-unsaturated/α-hetero) is 1. The minimum absolute atomic E-state index is 0.138. The molecule has 0 unspecified atom stereocenters. The third-order valence-electron chi connectivity index (χ3n) is 4.89. The van der Waals surface area contributed by atoms with Crippen LogP contribution in [0.4, 0.5) is 11.4 Å². The van der Waals surface area contributed by atoms with Gasteiger partial charge in [-0.1, -0.05) is 54.1 Å². The van der Waals surface area contributed by atoms with Gasteiger partial charge in [0.25, 0.3) is 10.0 Å². The van der Waals surface area contributed by atoms with Gasteiger partial charge in [-0.3, -0.25) is 9.10 Å². The predicted octanol–water partition coefficient (Wildman–Crippen LogP) is 5.24. The monoisotopic (exact) mass is 482 g/mol. The molecule has 152 valence electrons. The number of nitrogens with one attached hydrogen (secondary N) is 1. The number of ketones is 1. The average molecular weight is 483 g/mol. The summed E-state index contributed by atoms with van der Waals surface area (Å²) in [6, 6.07) is 21.7. The largest absolute Gasteiger partial charge is 0.359 e. The molecule has 0 amide bonds. The molecule has 0 saturated heterocycles. The molecule has 0 aromatic heterocycles. The Bertz CT molecular complexity index is 1250. The number of nitrogens with zero attached hydrogens (tertiary/aromatic N) is 1. The van der Waals surface area contributed by atoms with Gasteiger partial charge in [0.15, 0.2) is 4.91 Å². The number of para-hydroxylation sites is 2. The number of fused-ring (bicyclic) bond motifs is 1. The number of hydrogen-bond acceptors (Lipinski definition) is 4. The van der Waals surface area contributed by atoms with Gasteiger partial charge in [0.05, 0.1) is 17.9 Å². The number of anilines is 2. The van der Waals surface area contributed by atoms with Crippen molar-refractivity contribution in [2.45, 2.75) is 13.5 Å². The highest BCUT2D eigenvalue weighted by Crippen LogP contribution is 2.36. The summed E-state index contributed by atoms with van der Waals surface area (Å²) in [6.45, 7) is 2.11. The molecule has 30 heavy (non-hydrogen) atoms. The van der Waals surface area contributed by atoms with E-state index >= 15 is 0 Å². The van der Waals surface area contributed by atoms with Crippen molar-refractivity contribution in [1.82, 2.24) is 0 Å². The predicted molar refractivity (Wildman–Crippen MR) is 123 cm³/mol. The topological polar surface area (TPSA) is 66.5 Å². The second kappa shape index (κ2) is 8.08. The van der Waals surface area contributed by atoms with E-state index in [0.29, 0.717) is 16.9 Å². The number of allylic oxidation sites excluding steroid dienone is 1. The molecular formula is C23H19BrN2O3S. The van der Waals surface area contributed by atoms with Gasteiger partial charge in [-0.25, -0.2) is 8.42 Å². The molecule has 0 atom stereocenters. The van der Waals surface area contributed by atoms with Crippen LogP contribution in [0.3, 0.4) is 0 Å². The first-order valence-electron chi connectivity index (χ1n) is 9.31. The summed E-state index contributed by atoms with van der Waals surface area (Å²) in [4.78, 5) is 12.8. The molecule has 3 aromatic carbocycles. The SMILES string of the molecule is Cc1ccc(CN2c3ccccc3C(=O)/C(=C\Nc3ccccc3Br)S2(=O)=O)cc1. The number of aryl methyl sites for hydroxylation is 1. The van der Waals surface area contributed by atoms with Crippen LogP contribution in [-0.4, -0.2) is 14.2 Å². The van der Waals surface area contributed by atoms with E-state index in [2.05, 4.69) is 21.2 Å². The summed E-state index contributed by atoms with van der Waals surface area (Å²) in [5.41, 5.74) is 3.35. The number of halogens is 1. The zero-order valence-electron chi connectivity index (χ0n) is 16.2. The Balaban J connectivity index is 1.79. The lowest BCUT2D eigenvalue weighted by Crippen LogP contribution is -2.39. The number of rotatable bonds is 4. The summed E-state index contributed by atoms with van der Waals surface area (Å²) in [5, 5.41) is 2.96. The van der Waals surface area contributed by atoms with E-state index in [9.17, 15) is 13.2 Å². The molecule has 0 saturated carbocycles. The fraction of sp³-hybridized carbons (Fsp3) is 0.0870. The smallest absolute Gasteiger partial charge is 0.270 e. The first-order valence-corrected chi connectivity index (χ1v) is 11.5. The van der Waals surface area contributed by atoms with Crippen molar-refractivity contribution in [2.75, 3.05) is 9.62 Å². The fourth-order valence-electron chi connectivity index (χ4n) is 3.27. The van der Waals surface area contributed by atoms with Crippen molar-refractivity contribution in [3.63, 3.8) is 0 Å². The molecule has 5 nitrogen and oxygen atoms in total. The second-order valence-electron chi connectivity index (χ2n) is 6.98. The Morgan fingerprint density at radius 1 is 0.967 bits per heavy atom. The van der Waals surface area contributed by atoms with Crippen LogP contribution in [-0.2, 0) is 16.6 Å². The quantitative estimate of drug-likeness (QED) is 0.516. The normalized spacial score (nSPS) is 16.4. The summed E-state index contributed by atoms with van der Waals surface area (Å²) in [6.07, 6.45) is 1.27. The van der Waals surface area contributed by atoms with E-state index in [1.807, 2.05) is 49.4 Å². The van der Waals surface area contributed by atoms with Crippen molar-refractivity contribution in [3.05, 3.63) is 105 Å². The van der Waals surface area contributed by atoms with E-state index < -0.39 is 15.8 Å². The summed E-state index contributed by atoms with van der Waals surface area (Å²) >= 11 is 3.42. The van der Waals surface area contributed by atoms with E-state index in [4.69, 9.17) is 0 Å². The highest BCUT2D eigenvalue weighted by molar-refractivity contribution is 9.10. The lowest BCUT2D eigenvalue weighted by Gasteiger charge is -2.31. The molecule has 1 N–H and O–H groups in total. The van der Waals surface area contributed by atoms with E-state index in [1.54, 1.807) is 30.3 Å². The van der Waals surface area contributed by atoms with Crippen LogP contribution in [0.2, 0.25) is 0 Å². The Hall–Kier alpha value is -2.90. The maximum atomic E-state index is 13.4. The van der Waals surface area contributed by atoms with Gasteiger partial charge >= 0.3 is 0 Å². The number of hydrogen-bond donors (Lipinski definition) is 1. The molecule has 4 rings (SSSR count). The van der Waals surface area contributed by atoms with Gasteiger partial charge in [0.2, 0.25) is 5.78 Å². The highest BCUT2D eigenvalue weighted by Gasteiger charge is 2.40. The molecular weight excluding hydrogens is 464 g/mol. The van der Waals surface area contributed by atoms with Crippen LogP contribution in [0.5, 0.6) is 0 Å². The van der Waals surface area contributed by atoms with Crippen molar-refractivity contribution in [1.29, 1.82) is 0 Å². The van der Waals surface area contributed by atoms with Crippen LogP contribution >= 0.6 is 15.9 Å². The minimum atomic E-state index is -4.05. The number of sulfonamides is 1. The maximum absolute atomic E-state index is 13.4. The van der Waals surface area contributed by atoms with Gasteiger partial charge in [0.1, 0.15) is 0 Å². The fourth-order valence-corrected chi connectivity index (χ4v) is 5.20. The number of carbonyl (C=O) groups excluding carboxylic acids is 1.